The SMILES string of the molecule is CC(C)(C)OC(=O)N1CCCC1CNCc1ccnc(Cl)n1. The minimum Gasteiger partial charge on any atom is -0.444 e. The zero-order valence-corrected chi connectivity index (χ0v) is 14.1. The van der Waals surface area contributed by atoms with E-state index in [0.29, 0.717) is 13.1 Å². The molecule has 22 heavy (non-hydrogen) atoms. The van der Waals surface area contributed by atoms with Crippen LogP contribution in [0.2, 0.25) is 5.28 Å². The molecule has 1 fully saturated rings. The molecule has 1 N–H and O–H groups in total. The van der Waals surface area contributed by atoms with E-state index in [2.05, 4.69) is 15.3 Å². The number of rotatable bonds is 4. The van der Waals surface area contributed by atoms with E-state index < -0.39 is 5.60 Å². The van der Waals surface area contributed by atoms with Crippen molar-refractivity contribution in [2.24, 2.45) is 0 Å². The smallest absolute Gasteiger partial charge is 0.410 e. The van der Waals surface area contributed by atoms with Crippen molar-refractivity contribution in [3.05, 3.63) is 23.2 Å². The molecule has 0 aliphatic carbocycles. The Bertz CT molecular complexity index is 519. The first-order chi connectivity index (χ1) is 10.3. The summed E-state index contributed by atoms with van der Waals surface area (Å²) in [5.41, 5.74) is 0.372. The molecule has 0 spiro atoms. The summed E-state index contributed by atoms with van der Waals surface area (Å²) in [7, 11) is 0. The Morgan fingerprint density at radius 1 is 1.55 bits per heavy atom. The molecule has 1 amide bonds. The van der Waals surface area contributed by atoms with Gasteiger partial charge >= 0.3 is 6.09 Å². The zero-order chi connectivity index (χ0) is 16.2. The van der Waals surface area contributed by atoms with Crippen molar-refractivity contribution in [1.82, 2.24) is 20.2 Å². The monoisotopic (exact) mass is 326 g/mol. The molecule has 0 radical (unpaired) electrons. The van der Waals surface area contributed by atoms with E-state index in [9.17, 15) is 4.79 Å². The third kappa shape index (κ3) is 5.10. The van der Waals surface area contributed by atoms with Gasteiger partial charge in [-0.1, -0.05) is 0 Å². The number of carbonyl (C=O) groups is 1. The van der Waals surface area contributed by atoms with Gasteiger partial charge in [-0.2, -0.15) is 0 Å². The van der Waals surface area contributed by atoms with Crippen molar-refractivity contribution < 1.29 is 9.53 Å². The van der Waals surface area contributed by atoms with Crippen LogP contribution in [-0.4, -0.2) is 45.7 Å². The highest BCUT2D eigenvalue weighted by Crippen LogP contribution is 2.20. The van der Waals surface area contributed by atoms with Crippen molar-refractivity contribution in [2.45, 2.75) is 51.8 Å². The van der Waals surface area contributed by atoms with E-state index in [4.69, 9.17) is 16.3 Å². The van der Waals surface area contributed by atoms with Crippen molar-refractivity contribution in [3.63, 3.8) is 0 Å². The number of nitrogens with one attached hydrogen (secondary N) is 1. The lowest BCUT2D eigenvalue weighted by atomic mass is 10.2. The molecular formula is C15H23ClN4O2. The number of carbonyl (C=O) groups excluding carboxylic acids is 1. The van der Waals surface area contributed by atoms with Crippen molar-refractivity contribution in [3.8, 4) is 0 Å². The van der Waals surface area contributed by atoms with Crippen molar-refractivity contribution >= 4 is 17.7 Å². The van der Waals surface area contributed by atoms with Crippen LogP contribution in [-0.2, 0) is 11.3 Å². The van der Waals surface area contributed by atoms with Gasteiger partial charge in [0.15, 0.2) is 0 Å². The number of hydrogen-bond acceptors (Lipinski definition) is 5. The molecule has 1 aliphatic rings. The Hall–Kier alpha value is -1.40. The maximum atomic E-state index is 12.2. The second-order valence-corrected chi connectivity index (χ2v) is 6.76. The molecule has 2 rings (SSSR count). The third-order valence-electron chi connectivity index (χ3n) is 3.38. The number of amides is 1. The second kappa shape index (κ2) is 7.24. The molecule has 1 aromatic heterocycles. The molecule has 122 valence electrons. The van der Waals surface area contributed by atoms with Crippen LogP contribution in [0.25, 0.3) is 0 Å². The summed E-state index contributed by atoms with van der Waals surface area (Å²) in [5, 5.41) is 3.57. The Balaban J connectivity index is 1.82. The van der Waals surface area contributed by atoms with Crippen LogP contribution in [0.3, 0.4) is 0 Å². The van der Waals surface area contributed by atoms with Crippen LogP contribution in [0, 0.1) is 0 Å². The molecular weight excluding hydrogens is 304 g/mol. The lowest BCUT2D eigenvalue weighted by Gasteiger charge is -2.28. The topological polar surface area (TPSA) is 67.3 Å². The number of nitrogens with zero attached hydrogens (tertiary/aromatic N) is 3. The van der Waals surface area contributed by atoms with E-state index in [-0.39, 0.29) is 17.4 Å². The van der Waals surface area contributed by atoms with Crippen LogP contribution < -0.4 is 5.32 Å². The first kappa shape index (κ1) is 17.0. The molecule has 7 heteroatoms. The van der Waals surface area contributed by atoms with E-state index in [1.165, 1.54) is 0 Å². The number of halogens is 1. The highest BCUT2D eigenvalue weighted by Gasteiger charge is 2.31. The summed E-state index contributed by atoms with van der Waals surface area (Å²) in [4.78, 5) is 22.0. The van der Waals surface area contributed by atoms with Gasteiger partial charge in [0, 0.05) is 31.9 Å². The minimum atomic E-state index is -0.463. The Morgan fingerprint density at radius 2 is 2.32 bits per heavy atom. The predicted octanol–water partition coefficient (Wildman–Crippen LogP) is 2.62. The van der Waals surface area contributed by atoms with E-state index in [0.717, 1.165) is 25.1 Å². The van der Waals surface area contributed by atoms with E-state index >= 15 is 0 Å². The molecule has 2 heterocycles. The largest absolute Gasteiger partial charge is 0.444 e. The van der Waals surface area contributed by atoms with Gasteiger partial charge in [-0.3, -0.25) is 0 Å². The Kier molecular flexibility index (Phi) is 5.58. The minimum absolute atomic E-state index is 0.159. The molecule has 6 nitrogen and oxygen atoms in total. The van der Waals surface area contributed by atoms with Crippen LogP contribution >= 0.6 is 11.6 Å². The fourth-order valence-corrected chi connectivity index (χ4v) is 2.61. The average molecular weight is 327 g/mol. The molecule has 1 atom stereocenters. The van der Waals surface area contributed by atoms with Crippen LogP contribution in [0.4, 0.5) is 4.79 Å². The van der Waals surface area contributed by atoms with E-state index in [1.807, 2.05) is 31.7 Å². The fraction of sp³-hybridized carbons (Fsp3) is 0.667. The quantitative estimate of drug-likeness (QED) is 0.861. The fourth-order valence-electron chi connectivity index (χ4n) is 2.44. The van der Waals surface area contributed by atoms with Gasteiger partial charge in [0.1, 0.15) is 5.60 Å². The zero-order valence-electron chi connectivity index (χ0n) is 13.3. The highest BCUT2D eigenvalue weighted by atomic mass is 35.5. The van der Waals surface area contributed by atoms with Gasteiger partial charge in [0.05, 0.1) is 5.69 Å². The van der Waals surface area contributed by atoms with Crippen molar-refractivity contribution in [1.29, 1.82) is 0 Å². The third-order valence-corrected chi connectivity index (χ3v) is 3.56. The second-order valence-electron chi connectivity index (χ2n) is 6.42. The molecule has 1 saturated heterocycles. The van der Waals surface area contributed by atoms with E-state index in [1.54, 1.807) is 6.20 Å². The van der Waals surface area contributed by atoms with Crippen LogP contribution in [0.5, 0.6) is 0 Å². The van der Waals surface area contributed by atoms with Crippen LogP contribution in [0.15, 0.2) is 12.3 Å². The standard InChI is InChI=1S/C15H23ClN4O2/c1-15(2,3)22-14(21)20-8-4-5-12(20)10-17-9-11-6-7-18-13(16)19-11/h6-7,12,17H,4-5,8-10H2,1-3H3. The number of aromatic nitrogens is 2. The maximum Gasteiger partial charge on any atom is 0.410 e. The summed E-state index contributed by atoms with van der Waals surface area (Å²) in [6.07, 6.45) is 3.39. The lowest BCUT2D eigenvalue weighted by molar-refractivity contribution is 0.0226. The molecule has 0 bridgehead atoms. The Labute approximate surface area is 136 Å². The predicted molar refractivity (Wildman–Crippen MR) is 84.7 cm³/mol. The number of ether oxygens (including phenoxy) is 1. The maximum absolute atomic E-state index is 12.2. The first-order valence-electron chi connectivity index (χ1n) is 7.53. The molecule has 1 aliphatic heterocycles. The van der Waals surface area contributed by atoms with Gasteiger partial charge < -0.3 is 15.0 Å². The van der Waals surface area contributed by atoms with Crippen LogP contribution in [0.1, 0.15) is 39.3 Å². The number of likely N-dealkylation sites (tertiary alicyclic amines) is 1. The summed E-state index contributed by atoms with van der Waals surface area (Å²) < 4.78 is 5.45. The first-order valence-corrected chi connectivity index (χ1v) is 7.91. The van der Waals surface area contributed by atoms with Gasteiger partial charge in [0.2, 0.25) is 5.28 Å². The highest BCUT2D eigenvalue weighted by molar-refractivity contribution is 6.28. The van der Waals surface area contributed by atoms with Gasteiger partial charge in [-0.15, -0.1) is 0 Å². The normalized spacial score (nSPS) is 18.5. The lowest BCUT2D eigenvalue weighted by Crippen LogP contribution is -2.44. The molecule has 1 unspecified atom stereocenters. The van der Waals surface area contributed by atoms with Gasteiger partial charge in [-0.05, 0) is 51.3 Å². The average Bonchev–Trinajstić information content (AvgIpc) is 2.85. The van der Waals surface area contributed by atoms with Gasteiger partial charge in [0.25, 0.3) is 0 Å². The molecule has 0 aromatic carbocycles. The summed E-state index contributed by atoms with van der Waals surface area (Å²) in [6.45, 7) is 7.70. The summed E-state index contributed by atoms with van der Waals surface area (Å²) in [5.74, 6) is 0. The number of hydrogen-bond donors (Lipinski definition) is 1. The summed E-state index contributed by atoms with van der Waals surface area (Å²) >= 11 is 5.76. The Morgan fingerprint density at radius 3 is 3.00 bits per heavy atom. The molecule has 0 saturated carbocycles. The van der Waals surface area contributed by atoms with Crippen molar-refractivity contribution in [2.75, 3.05) is 13.1 Å². The summed E-state index contributed by atoms with van der Waals surface area (Å²) in [6, 6.07) is 1.98. The van der Waals surface area contributed by atoms with Gasteiger partial charge in [-0.25, -0.2) is 14.8 Å². The molecule has 1 aromatic rings.